The summed E-state index contributed by atoms with van der Waals surface area (Å²) in [5.74, 6) is 0.621. The molecule has 0 heterocycles. The highest BCUT2D eigenvalue weighted by atomic mass is 79.9. The van der Waals surface area contributed by atoms with Gasteiger partial charge in [-0.25, -0.2) is 8.42 Å². The molecule has 20 heavy (non-hydrogen) atoms. The molecule has 0 amide bonds. The topological polar surface area (TPSA) is 46.6 Å². The molecule has 0 spiro atoms. The van der Waals surface area contributed by atoms with Crippen molar-refractivity contribution in [3.05, 3.63) is 53.0 Å². The van der Waals surface area contributed by atoms with E-state index in [1.807, 2.05) is 0 Å². The number of sulfonamides is 1. The van der Waals surface area contributed by atoms with Gasteiger partial charge >= 0.3 is 0 Å². The first-order valence-corrected chi connectivity index (χ1v) is 8.07. The highest BCUT2D eigenvalue weighted by molar-refractivity contribution is 9.10. The molecule has 2 aromatic carbocycles. The van der Waals surface area contributed by atoms with E-state index >= 15 is 0 Å². The smallest absolute Gasteiger partial charge is 0.264 e. The standard InChI is InChI=1S/C14H14BrNO3S/c1-16(12-5-3-11(15)4-6-12)20(17,18)14-9-7-13(19-2)8-10-14/h3-10H,1-2H3. The number of hydrogen-bond donors (Lipinski definition) is 0. The van der Waals surface area contributed by atoms with Crippen LogP contribution in [0.5, 0.6) is 5.75 Å². The van der Waals surface area contributed by atoms with Gasteiger partial charge in [0.15, 0.2) is 0 Å². The van der Waals surface area contributed by atoms with Crippen LogP contribution in [0.25, 0.3) is 0 Å². The van der Waals surface area contributed by atoms with E-state index in [1.54, 1.807) is 36.4 Å². The Morgan fingerprint density at radius 1 is 1.00 bits per heavy atom. The largest absolute Gasteiger partial charge is 0.497 e. The summed E-state index contributed by atoms with van der Waals surface area (Å²) in [6.45, 7) is 0. The molecule has 106 valence electrons. The predicted octanol–water partition coefficient (Wildman–Crippen LogP) is 3.28. The fraction of sp³-hybridized carbons (Fsp3) is 0.143. The minimum atomic E-state index is -3.57. The minimum Gasteiger partial charge on any atom is -0.497 e. The van der Waals surface area contributed by atoms with Crippen LogP contribution in [-0.2, 0) is 10.0 Å². The maximum atomic E-state index is 12.5. The molecular formula is C14H14BrNO3S. The second-order valence-corrected chi connectivity index (χ2v) is 7.01. The van der Waals surface area contributed by atoms with Crippen molar-refractivity contribution in [1.29, 1.82) is 0 Å². The number of rotatable bonds is 4. The molecule has 0 atom stereocenters. The van der Waals surface area contributed by atoms with Crippen LogP contribution in [-0.4, -0.2) is 22.6 Å². The van der Waals surface area contributed by atoms with Crippen molar-refractivity contribution in [2.24, 2.45) is 0 Å². The van der Waals surface area contributed by atoms with Gasteiger partial charge in [-0.15, -0.1) is 0 Å². The van der Waals surface area contributed by atoms with E-state index in [2.05, 4.69) is 15.9 Å². The number of hydrogen-bond acceptors (Lipinski definition) is 3. The molecule has 0 aromatic heterocycles. The average molecular weight is 356 g/mol. The summed E-state index contributed by atoms with van der Waals surface area (Å²) in [7, 11) is -0.498. The molecule has 0 aliphatic heterocycles. The highest BCUT2D eigenvalue weighted by Gasteiger charge is 2.21. The Kier molecular flexibility index (Phi) is 4.35. The number of anilines is 1. The number of methoxy groups -OCH3 is 1. The summed E-state index contributed by atoms with van der Waals surface area (Å²) in [5.41, 5.74) is 0.601. The molecule has 0 N–H and O–H groups in total. The number of nitrogens with zero attached hydrogens (tertiary/aromatic N) is 1. The minimum absolute atomic E-state index is 0.226. The van der Waals surface area contributed by atoms with Crippen molar-refractivity contribution < 1.29 is 13.2 Å². The molecule has 0 saturated heterocycles. The van der Waals surface area contributed by atoms with Crippen molar-refractivity contribution >= 4 is 31.6 Å². The van der Waals surface area contributed by atoms with E-state index < -0.39 is 10.0 Å². The van der Waals surface area contributed by atoms with Crippen molar-refractivity contribution in [1.82, 2.24) is 0 Å². The van der Waals surface area contributed by atoms with Crippen LogP contribution in [0, 0.1) is 0 Å². The number of halogens is 1. The van der Waals surface area contributed by atoms with Crippen molar-refractivity contribution in [2.75, 3.05) is 18.5 Å². The number of ether oxygens (including phenoxy) is 1. The molecule has 0 aliphatic carbocycles. The van der Waals surface area contributed by atoms with Gasteiger partial charge in [0.1, 0.15) is 5.75 Å². The third-order valence-corrected chi connectivity index (χ3v) is 5.24. The van der Waals surface area contributed by atoms with E-state index in [4.69, 9.17) is 4.74 Å². The lowest BCUT2D eigenvalue weighted by atomic mass is 10.3. The van der Waals surface area contributed by atoms with Gasteiger partial charge in [-0.1, -0.05) is 15.9 Å². The van der Waals surface area contributed by atoms with Crippen LogP contribution >= 0.6 is 15.9 Å². The molecule has 4 nitrogen and oxygen atoms in total. The van der Waals surface area contributed by atoms with Gasteiger partial charge in [0.2, 0.25) is 0 Å². The Balaban J connectivity index is 2.35. The molecule has 2 aromatic rings. The lowest BCUT2D eigenvalue weighted by Crippen LogP contribution is -2.26. The molecule has 0 fully saturated rings. The lowest BCUT2D eigenvalue weighted by molar-refractivity contribution is 0.414. The summed E-state index contributed by atoms with van der Waals surface area (Å²) in [6, 6.07) is 13.4. The van der Waals surface area contributed by atoms with Gasteiger partial charge in [0, 0.05) is 11.5 Å². The van der Waals surface area contributed by atoms with Crippen LogP contribution in [0.2, 0.25) is 0 Å². The SMILES string of the molecule is COc1ccc(S(=O)(=O)N(C)c2ccc(Br)cc2)cc1. The molecule has 6 heteroatoms. The van der Waals surface area contributed by atoms with Crippen LogP contribution in [0.1, 0.15) is 0 Å². The van der Waals surface area contributed by atoms with Crippen molar-refractivity contribution in [2.45, 2.75) is 4.90 Å². The van der Waals surface area contributed by atoms with Crippen LogP contribution in [0.15, 0.2) is 57.9 Å². The van der Waals surface area contributed by atoms with Crippen molar-refractivity contribution in [3.8, 4) is 5.75 Å². The van der Waals surface area contributed by atoms with Gasteiger partial charge in [-0.3, -0.25) is 4.31 Å². The zero-order chi connectivity index (χ0) is 14.8. The third kappa shape index (κ3) is 2.96. The molecule has 0 saturated carbocycles. The first-order valence-electron chi connectivity index (χ1n) is 5.83. The van der Waals surface area contributed by atoms with Crippen LogP contribution in [0.3, 0.4) is 0 Å². The fourth-order valence-electron chi connectivity index (χ4n) is 1.70. The molecule has 0 bridgehead atoms. The van der Waals surface area contributed by atoms with Gasteiger partial charge < -0.3 is 4.74 Å². The zero-order valence-corrected chi connectivity index (χ0v) is 13.5. The molecule has 0 unspecified atom stereocenters. The molecule has 2 rings (SSSR count). The third-order valence-electron chi connectivity index (χ3n) is 2.91. The monoisotopic (exact) mass is 355 g/mol. The number of benzene rings is 2. The Bertz CT molecular complexity index is 681. The van der Waals surface area contributed by atoms with E-state index in [9.17, 15) is 8.42 Å². The predicted molar refractivity (Wildman–Crippen MR) is 82.7 cm³/mol. The normalized spacial score (nSPS) is 11.2. The summed E-state index contributed by atoms with van der Waals surface area (Å²) >= 11 is 3.32. The quantitative estimate of drug-likeness (QED) is 0.845. The fourth-order valence-corrected chi connectivity index (χ4v) is 3.16. The van der Waals surface area contributed by atoms with Gasteiger partial charge in [-0.2, -0.15) is 0 Å². The van der Waals surface area contributed by atoms with Gasteiger partial charge in [-0.05, 0) is 48.5 Å². The summed E-state index contributed by atoms with van der Waals surface area (Å²) in [4.78, 5) is 0.226. The summed E-state index contributed by atoms with van der Waals surface area (Å²) < 4.78 is 32.2. The highest BCUT2D eigenvalue weighted by Crippen LogP contribution is 2.24. The summed E-state index contributed by atoms with van der Waals surface area (Å²) in [5, 5.41) is 0. The maximum absolute atomic E-state index is 12.5. The Morgan fingerprint density at radius 2 is 1.55 bits per heavy atom. The second-order valence-electron chi connectivity index (χ2n) is 4.12. The van der Waals surface area contributed by atoms with Crippen LogP contribution in [0.4, 0.5) is 5.69 Å². The van der Waals surface area contributed by atoms with Crippen LogP contribution < -0.4 is 9.04 Å². The summed E-state index contributed by atoms with van der Waals surface area (Å²) in [6.07, 6.45) is 0. The second kappa shape index (κ2) is 5.85. The van der Waals surface area contributed by atoms with E-state index in [1.165, 1.54) is 30.6 Å². The first kappa shape index (κ1) is 14.9. The van der Waals surface area contributed by atoms with Gasteiger partial charge in [0.05, 0.1) is 17.7 Å². The molecular weight excluding hydrogens is 342 g/mol. The molecule has 0 radical (unpaired) electrons. The van der Waals surface area contributed by atoms with E-state index in [0.717, 1.165) is 4.47 Å². The van der Waals surface area contributed by atoms with Gasteiger partial charge in [0.25, 0.3) is 10.0 Å². The Hall–Kier alpha value is -1.53. The molecule has 0 aliphatic rings. The lowest BCUT2D eigenvalue weighted by Gasteiger charge is -2.19. The van der Waals surface area contributed by atoms with E-state index in [0.29, 0.717) is 11.4 Å². The van der Waals surface area contributed by atoms with E-state index in [-0.39, 0.29) is 4.90 Å². The van der Waals surface area contributed by atoms with Crippen molar-refractivity contribution in [3.63, 3.8) is 0 Å². The zero-order valence-electron chi connectivity index (χ0n) is 11.1. The Morgan fingerprint density at radius 3 is 2.05 bits per heavy atom. The first-order chi connectivity index (χ1) is 9.45. The maximum Gasteiger partial charge on any atom is 0.264 e. The average Bonchev–Trinajstić information content (AvgIpc) is 2.47. The Labute approximate surface area is 127 Å².